The number of aryl methyl sites for hydroxylation is 1. The molecule has 0 saturated carbocycles. The van der Waals surface area contributed by atoms with Gasteiger partial charge in [-0.25, -0.2) is 0 Å². The Morgan fingerprint density at radius 1 is 1.16 bits per heavy atom. The summed E-state index contributed by atoms with van der Waals surface area (Å²) in [5.41, 5.74) is 2.35. The smallest absolute Gasteiger partial charge is 0.313 e. The minimum Gasteiger partial charge on any atom is -0.340 e. The lowest BCUT2D eigenvalue weighted by Crippen LogP contribution is -2.36. The molecule has 0 saturated heterocycles. The highest BCUT2D eigenvalue weighted by Gasteiger charge is 2.19. The van der Waals surface area contributed by atoms with Crippen LogP contribution in [0.25, 0.3) is 10.9 Å². The average molecular weight is 374 g/mol. The van der Waals surface area contributed by atoms with E-state index in [0.717, 1.165) is 21.3 Å². The lowest BCUT2D eigenvalue weighted by Gasteiger charge is -2.13. The first-order chi connectivity index (χ1) is 12.0. The molecule has 0 aliphatic carbocycles. The van der Waals surface area contributed by atoms with E-state index >= 15 is 0 Å². The summed E-state index contributed by atoms with van der Waals surface area (Å²) in [5.74, 6) is -1.42. The molecule has 0 aliphatic rings. The van der Waals surface area contributed by atoms with Crippen molar-refractivity contribution in [2.75, 3.05) is 5.32 Å². The van der Waals surface area contributed by atoms with Crippen molar-refractivity contribution in [3.8, 4) is 0 Å². The molecule has 1 atom stereocenters. The largest absolute Gasteiger partial charge is 0.340 e. The zero-order valence-electron chi connectivity index (χ0n) is 13.7. The number of nitrogens with zero attached hydrogens (tertiary/aromatic N) is 1. The summed E-state index contributed by atoms with van der Waals surface area (Å²) in [5, 5.41) is 6.13. The Hall–Kier alpha value is -2.44. The van der Waals surface area contributed by atoms with Crippen LogP contribution in [0.15, 0.2) is 42.6 Å². The van der Waals surface area contributed by atoms with Gasteiger partial charge in [0.15, 0.2) is 0 Å². The number of nitrogens with one attached hydrogen (secondary N) is 2. The van der Waals surface area contributed by atoms with Gasteiger partial charge in [-0.3, -0.25) is 14.6 Å². The molecule has 25 heavy (non-hydrogen) atoms. The second-order valence-electron chi connectivity index (χ2n) is 5.62. The topological polar surface area (TPSA) is 71.1 Å². The van der Waals surface area contributed by atoms with E-state index in [9.17, 15) is 9.59 Å². The number of anilines is 1. The third kappa shape index (κ3) is 3.81. The second kappa shape index (κ2) is 7.21. The Labute approximate surface area is 154 Å². The Morgan fingerprint density at radius 3 is 2.68 bits per heavy atom. The highest BCUT2D eigenvalue weighted by Crippen LogP contribution is 2.27. The van der Waals surface area contributed by atoms with Crippen molar-refractivity contribution in [3.05, 3.63) is 57.4 Å². The SMILES string of the molecule is Cc1ccc(NC(=O)C(=O)NC(C)c2ccc(Cl)s2)c2cccnc12. The number of pyridine rings is 1. The van der Waals surface area contributed by atoms with E-state index in [1.807, 2.05) is 25.1 Å². The predicted molar refractivity (Wildman–Crippen MR) is 101 cm³/mol. The van der Waals surface area contributed by atoms with Crippen LogP contribution in [-0.2, 0) is 9.59 Å². The molecule has 0 spiro atoms. The van der Waals surface area contributed by atoms with Crippen LogP contribution in [0.4, 0.5) is 5.69 Å². The van der Waals surface area contributed by atoms with E-state index in [4.69, 9.17) is 11.6 Å². The van der Waals surface area contributed by atoms with Gasteiger partial charge in [0.2, 0.25) is 0 Å². The van der Waals surface area contributed by atoms with Gasteiger partial charge in [-0.2, -0.15) is 0 Å². The first-order valence-electron chi connectivity index (χ1n) is 7.67. The molecule has 7 heteroatoms. The predicted octanol–water partition coefficient (Wildman–Crippen LogP) is 4.07. The van der Waals surface area contributed by atoms with Crippen LogP contribution in [-0.4, -0.2) is 16.8 Å². The van der Waals surface area contributed by atoms with Gasteiger partial charge in [0.1, 0.15) is 0 Å². The summed E-state index contributed by atoms with van der Waals surface area (Å²) in [6.45, 7) is 3.75. The standard InChI is InChI=1S/C18H16ClN3O2S/c1-10-5-6-13(12-4-3-9-20-16(10)12)22-18(24)17(23)21-11(2)14-7-8-15(19)25-14/h3-9,11H,1-2H3,(H,21,23)(H,22,24). The van der Waals surface area contributed by atoms with Gasteiger partial charge >= 0.3 is 11.8 Å². The minimum atomic E-state index is -0.719. The number of amides is 2. The van der Waals surface area contributed by atoms with Gasteiger partial charge in [-0.15, -0.1) is 11.3 Å². The maximum atomic E-state index is 12.2. The van der Waals surface area contributed by atoms with E-state index in [1.165, 1.54) is 11.3 Å². The Bertz CT molecular complexity index is 954. The van der Waals surface area contributed by atoms with Crippen LogP contribution in [0.5, 0.6) is 0 Å². The van der Waals surface area contributed by atoms with Crippen molar-refractivity contribution in [2.24, 2.45) is 0 Å². The number of rotatable bonds is 3. The zero-order valence-corrected chi connectivity index (χ0v) is 15.2. The fourth-order valence-electron chi connectivity index (χ4n) is 2.50. The molecule has 0 fully saturated rings. The van der Waals surface area contributed by atoms with E-state index < -0.39 is 11.8 Å². The summed E-state index contributed by atoms with van der Waals surface area (Å²) in [6.07, 6.45) is 1.70. The lowest BCUT2D eigenvalue weighted by molar-refractivity contribution is -0.136. The molecule has 2 heterocycles. The van der Waals surface area contributed by atoms with Gasteiger partial charge in [0.05, 0.1) is 21.6 Å². The number of benzene rings is 1. The van der Waals surface area contributed by atoms with Crippen molar-refractivity contribution >= 4 is 51.3 Å². The molecular weight excluding hydrogens is 358 g/mol. The van der Waals surface area contributed by atoms with Crippen LogP contribution in [0.3, 0.4) is 0 Å². The molecule has 1 unspecified atom stereocenters. The first-order valence-corrected chi connectivity index (χ1v) is 8.86. The third-order valence-corrected chi connectivity index (χ3v) is 5.21. The van der Waals surface area contributed by atoms with E-state index in [0.29, 0.717) is 10.0 Å². The Kier molecular flexibility index (Phi) is 5.01. The highest BCUT2D eigenvalue weighted by molar-refractivity contribution is 7.16. The highest BCUT2D eigenvalue weighted by atomic mass is 35.5. The molecular formula is C18H16ClN3O2S. The summed E-state index contributed by atoms with van der Waals surface area (Å²) < 4.78 is 0.638. The zero-order chi connectivity index (χ0) is 18.0. The average Bonchev–Trinajstić information content (AvgIpc) is 3.04. The van der Waals surface area contributed by atoms with E-state index in [2.05, 4.69) is 15.6 Å². The molecule has 128 valence electrons. The molecule has 2 aromatic heterocycles. The van der Waals surface area contributed by atoms with Crippen molar-refractivity contribution in [1.29, 1.82) is 0 Å². The monoisotopic (exact) mass is 373 g/mol. The van der Waals surface area contributed by atoms with Crippen LogP contribution >= 0.6 is 22.9 Å². The number of halogens is 1. The number of carbonyl (C=O) groups is 2. The molecule has 0 bridgehead atoms. The summed E-state index contributed by atoms with van der Waals surface area (Å²) >= 11 is 7.27. The first kappa shape index (κ1) is 17.4. The molecule has 5 nitrogen and oxygen atoms in total. The number of hydrogen-bond donors (Lipinski definition) is 2. The van der Waals surface area contributed by atoms with Crippen LogP contribution in [0, 0.1) is 6.92 Å². The molecule has 0 radical (unpaired) electrons. The van der Waals surface area contributed by atoms with E-state index in [-0.39, 0.29) is 6.04 Å². The van der Waals surface area contributed by atoms with Crippen LogP contribution in [0.1, 0.15) is 23.4 Å². The van der Waals surface area contributed by atoms with Gasteiger partial charge in [0.25, 0.3) is 0 Å². The molecule has 3 rings (SSSR count). The quantitative estimate of drug-likeness (QED) is 0.680. The maximum Gasteiger partial charge on any atom is 0.313 e. The minimum absolute atomic E-state index is 0.299. The molecule has 2 N–H and O–H groups in total. The molecule has 3 aromatic rings. The summed E-state index contributed by atoms with van der Waals surface area (Å²) in [6, 6.07) is 10.6. The van der Waals surface area contributed by atoms with Gasteiger partial charge in [0, 0.05) is 16.5 Å². The van der Waals surface area contributed by atoms with Crippen molar-refractivity contribution in [3.63, 3.8) is 0 Å². The fourth-order valence-corrected chi connectivity index (χ4v) is 3.56. The van der Waals surface area contributed by atoms with E-state index in [1.54, 1.807) is 31.3 Å². The van der Waals surface area contributed by atoms with Crippen molar-refractivity contribution in [2.45, 2.75) is 19.9 Å². The Morgan fingerprint density at radius 2 is 1.96 bits per heavy atom. The number of hydrogen-bond acceptors (Lipinski definition) is 4. The molecule has 0 aliphatic heterocycles. The van der Waals surface area contributed by atoms with Crippen LogP contribution < -0.4 is 10.6 Å². The number of fused-ring (bicyclic) bond motifs is 1. The fraction of sp³-hybridized carbons (Fsp3) is 0.167. The van der Waals surface area contributed by atoms with Crippen molar-refractivity contribution in [1.82, 2.24) is 10.3 Å². The summed E-state index contributed by atoms with van der Waals surface area (Å²) in [7, 11) is 0. The normalized spacial score (nSPS) is 12.0. The Balaban J connectivity index is 1.74. The maximum absolute atomic E-state index is 12.2. The summed E-state index contributed by atoms with van der Waals surface area (Å²) in [4.78, 5) is 29.6. The lowest BCUT2D eigenvalue weighted by atomic mass is 10.1. The second-order valence-corrected chi connectivity index (χ2v) is 7.37. The third-order valence-electron chi connectivity index (χ3n) is 3.79. The van der Waals surface area contributed by atoms with Crippen molar-refractivity contribution < 1.29 is 9.59 Å². The number of thiophene rings is 1. The number of carbonyl (C=O) groups excluding carboxylic acids is 2. The van der Waals surface area contributed by atoms with Gasteiger partial charge < -0.3 is 10.6 Å². The van der Waals surface area contributed by atoms with Gasteiger partial charge in [-0.1, -0.05) is 17.7 Å². The molecule has 2 amide bonds. The van der Waals surface area contributed by atoms with Crippen LogP contribution in [0.2, 0.25) is 4.34 Å². The van der Waals surface area contributed by atoms with Gasteiger partial charge in [-0.05, 0) is 49.7 Å². The number of aromatic nitrogens is 1. The molecule has 1 aromatic carbocycles.